The number of nitrogens with zero attached hydrogens (tertiary/aromatic N) is 1. The first-order valence-corrected chi connectivity index (χ1v) is 2.72. The highest BCUT2D eigenvalue weighted by Crippen LogP contribution is 1.90. The summed E-state index contributed by atoms with van der Waals surface area (Å²) < 4.78 is 0. The molecule has 0 radical (unpaired) electrons. The smallest absolute Gasteiger partial charge is 0.415 e. The van der Waals surface area contributed by atoms with E-state index in [2.05, 4.69) is 12.3 Å². The molecule has 0 atom stereocenters. The molecule has 1 N–H and O–H groups in total. The van der Waals surface area contributed by atoms with Crippen molar-refractivity contribution in [3.63, 3.8) is 0 Å². The Labute approximate surface area is 59.6 Å². The van der Waals surface area contributed by atoms with Crippen LogP contribution in [0.4, 0.5) is 4.79 Å². The van der Waals surface area contributed by atoms with Crippen LogP contribution in [0.2, 0.25) is 0 Å². The first kappa shape index (κ1) is 8.53. The van der Waals surface area contributed by atoms with Crippen LogP contribution in [0.5, 0.6) is 0 Å². The van der Waals surface area contributed by atoms with Crippen molar-refractivity contribution in [3.05, 3.63) is 30.8 Å². The van der Waals surface area contributed by atoms with E-state index in [9.17, 15) is 4.79 Å². The third-order valence-corrected chi connectivity index (χ3v) is 0.761. The molecule has 0 aromatic rings. The minimum Gasteiger partial charge on any atom is -0.464 e. The largest absolute Gasteiger partial charge is 0.464 e. The van der Waals surface area contributed by atoms with Gasteiger partial charge in [-0.15, -0.1) is 5.73 Å². The minimum atomic E-state index is -1.05. The lowest BCUT2D eigenvalue weighted by Gasteiger charge is -2.04. The number of hydrogen-bond donors (Lipinski definition) is 1. The molecule has 10 heavy (non-hydrogen) atoms. The third kappa shape index (κ3) is 2.74. The van der Waals surface area contributed by atoms with E-state index in [0.717, 1.165) is 4.90 Å². The first-order chi connectivity index (χ1) is 4.72. The van der Waals surface area contributed by atoms with Crippen LogP contribution in [0.1, 0.15) is 6.92 Å². The monoisotopic (exact) mass is 139 g/mol. The van der Waals surface area contributed by atoms with Gasteiger partial charge in [-0.2, -0.15) is 0 Å². The van der Waals surface area contributed by atoms with E-state index >= 15 is 0 Å². The zero-order valence-corrected chi connectivity index (χ0v) is 5.74. The maximum atomic E-state index is 10.3. The first-order valence-electron chi connectivity index (χ1n) is 2.72. The fraction of sp³-hybridized carbons (Fsp3) is 0.143. The molecule has 0 aromatic carbocycles. The van der Waals surface area contributed by atoms with Crippen LogP contribution < -0.4 is 0 Å². The Kier molecular flexibility index (Phi) is 3.76. The quantitative estimate of drug-likeness (QED) is 0.592. The summed E-state index contributed by atoms with van der Waals surface area (Å²) in [6.45, 7) is 4.97. The third-order valence-electron chi connectivity index (χ3n) is 0.761. The average molecular weight is 139 g/mol. The van der Waals surface area contributed by atoms with Crippen molar-refractivity contribution in [3.8, 4) is 0 Å². The molecule has 0 aliphatic rings. The van der Waals surface area contributed by atoms with Gasteiger partial charge in [0.1, 0.15) is 0 Å². The van der Waals surface area contributed by atoms with Crippen LogP contribution >= 0.6 is 0 Å². The van der Waals surface area contributed by atoms with Gasteiger partial charge in [0, 0.05) is 6.20 Å². The van der Waals surface area contributed by atoms with Crippen molar-refractivity contribution in [2.75, 3.05) is 0 Å². The summed E-state index contributed by atoms with van der Waals surface area (Å²) in [5, 5.41) is 8.41. The molecule has 0 spiro atoms. The van der Waals surface area contributed by atoms with Gasteiger partial charge in [0.05, 0.1) is 6.20 Å². The van der Waals surface area contributed by atoms with Crippen LogP contribution in [0.25, 0.3) is 0 Å². The van der Waals surface area contributed by atoms with Crippen LogP contribution in [-0.4, -0.2) is 16.1 Å². The van der Waals surface area contributed by atoms with Gasteiger partial charge in [0.25, 0.3) is 0 Å². The lowest BCUT2D eigenvalue weighted by Crippen LogP contribution is -2.16. The standard InChI is InChI=1S/C7H9NO2/c1-3-5-8(6-4-2)7(9)10/h4-6H,1H2,2H3,(H,9,10)/b6-4-. The molecule has 3 nitrogen and oxygen atoms in total. The van der Waals surface area contributed by atoms with E-state index in [0.29, 0.717) is 0 Å². The summed E-state index contributed by atoms with van der Waals surface area (Å²) in [7, 11) is 0. The molecule has 0 unspecified atom stereocenters. The van der Waals surface area contributed by atoms with Gasteiger partial charge in [0.15, 0.2) is 0 Å². The van der Waals surface area contributed by atoms with Gasteiger partial charge in [0.2, 0.25) is 0 Å². The van der Waals surface area contributed by atoms with Gasteiger partial charge in [-0.3, -0.25) is 4.90 Å². The number of carboxylic acid groups (broad SMARTS) is 1. The normalized spacial score (nSPS) is 8.90. The van der Waals surface area contributed by atoms with Crippen molar-refractivity contribution in [2.45, 2.75) is 6.92 Å². The molecule has 0 aliphatic heterocycles. The van der Waals surface area contributed by atoms with E-state index in [1.807, 2.05) is 0 Å². The van der Waals surface area contributed by atoms with E-state index < -0.39 is 6.09 Å². The van der Waals surface area contributed by atoms with Crippen LogP contribution in [0, 0.1) is 0 Å². The number of carbonyl (C=O) groups is 1. The number of hydrogen-bond acceptors (Lipinski definition) is 1. The summed E-state index contributed by atoms with van der Waals surface area (Å²) in [5.41, 5.74) is 2.35. The Morgan fingerprint density at radius 2 is 2.40 bits per heavy atom. The van der Waals surface area contributed by atoms with Crippen LogP contribution in [0.3, 0.4) is 0 Å². The molecule has 0 aliphatic carbocycles. The second-order valence-electron chi connectivity index (χ2n) is 1.51. The van der Waals surface area contributed by atoms with Crippen molar-refractivity contribution in [1.29, 1.82) is 0 Å². The van der Waals surface area contributed by atoms with Crippen molar-refractivity contribution >= 4 is 6.09 Å². The highest BCUT2D eigenvalue weighted by atomic mass is 16.4. The van der Waals surface area contributed by atoms with Crippen molar-refractivity contribution in [2.24, 2.45) is 0 Å². The maximum absolute atomic E-state index is 10.3. The van der Waals surface area contributed by atoms with Gasteiger partial charge >= 0.3 is 6.09 Å². The molecule has 3 heteroatoms. The van der Waals surface area contributed by atoms with E-state index in [1.54, 1.807) is 13.0 Å². The topological polar surface area (TPSA) is 40.5 Å². The molecular weight excluding hydrogens is 130 g/mol. The Balaban J connectivity index is 4.25. The number of rotatable bonds is 2. The van der Waals surface area contributed by atoms with Crippen LogP contribution in [0.15, 0.2) is 30.8 Å². The second kappa shape index (κ2) is 4.41. The Morgan fingerprint density at radius 1 is 1.80 bits per heavy atom. The fourth-order valence-electron chi connectivity index (χ4n) is 0.421. The lowest BCUT2D eigenvalue weighted by molar-refractivity contribution is 0.175. The Hall–Kier alpha value is -1.47. The van der Waals surface area contributed by atoms with Crippen LogP contribution in [-0.2, 0) is 0 Å². The lowest BCUT2D eigenvalue weighted by atomic mass is 10.6. The SMILES string of the molecule is C=C=CN(/C=C\C)C(=O)O. The predicted molar refractivity (Wildman–Crippen MR) is 38.4 cm³/mol. The molecule has 0 saturated heterocycles. The van der Waals surface area contributed by atoms with Gasteiger partial charge in [-0.25, -0.2) is 4.79 Å². The molecule has 0 saturated carbocycles. The molecule has 0 aromatic heterocycles. The van der Waals surface area contributed by atoms with E-state index in [1.165, 1.54) is 12.4 Å². The maximum Gasteiger partial charge on any atom is 0.415 e. The summed E-state index contributed by atoms with van der Waals surface area (Å²) in [6, 6.07) is 0. The van der Waals surface area contributed by atoms with E-state index in [4.69, 9.17) is 5.11 Å². The Morgan fingerprint density at radius 3 is 2.70 bits per heavy atom. The van der Waals surface area contributed by atoms with Crippen molar-refractivity contribution in [1.82, 2.24) is 4.90 Å². The summed E-state index contributed by atoms with van der Waals surface area (Å²) in [6.07, 6.45) is 3.21. The molecular formula is C7H9NO2. The highest BCUT2D eigenvalue weighted by molar-refractivity contribution is 5.67. The molecule has 54 valence electrons. The van der Waals surface area contributed by atoms with E-state index in [-0.39, 0.29) is 0 Å². The zero-order valence-electron chi connectivity index (χ0n) is 5.74. The number of amides is 1. The second-order valence-corrected chi connectivity index (χ2v) is 1.51. The summed E-state index contributed by atoms with van der Waals surface area (Å²) in [5.74, 6) is 0. The summed E-state index contributed by atoms with van der Waals surface area (Å²) >= 11 is 0. The predicted octanol–water partition coefficient (Wildman–Crippen LogP) is 1.80. The Bertz CT molecular complexity index is 188. The van der Waals surface area contributed by atoms with Crippen molar-refractivity contribution < 1.29 is 9.90 Å². The highest BCUT2D eigenvalue weighted by Gasteiger charge is 2.00. The average Bonchev–Trinajstić information content (AvgIpc) is 1.87. The molecule has 0 bridgehead atoms. The molecule has 0 fully saturated rings. The summed E-state index contributed by atoms with van der Waals surface area (Å²) in [4.78, 5) is 11.2. The van der Waals surface area contributed by atoms with Gasteiger partial charge in [-0.05, 0) is 6.92 Å². The molecule has 1 amide bonds. The molecule has 0 rings (SSSR count). The number of allylic oxidation sites excluding steroid dienone is 1. The molecule has 0 heterocycles. The van der Waals surface area contributed by atoms with Gasteiger partial charge in [-0.1, -0.05) is 12.7 Å². The fourth-order valence-corrected chi connectivity index (χ4v) is 0.421. The zero-order chi connectivity index (χ0) is 7.98. The minimum absolute atomic E-state index is 0.965. The van der Waals surface area contributed by atoms with Gasteiger partial charge < -0.3 is 5.11 Å².